The van der Waals surface area contributed by atoms with Gasteiger partial charge in [-0.05, 0) is 54.4 Å². The van der Waals surface area contributed by atoms with Crippen LogP contribution in [0.5, 0.6) is 0 Å². The Morgan fingerprint density at radius 1 is 1.20 bits per heavy atom. The fraction of sp³-hybridized carbons (Fsp3) is 0.481. The smallest absolute Gasteiger partial charge is 0.220 e. The topological polar surface area (TPSA) is 108 Å². The minimum Gasteiger partial charge on any atom is -0.396 e. The van der Waals surface area contributed by atoms with Crippen LogP contribution in [0.15, 0.2) is 49.1 Å². The summed E-state index contributed by atoms with van der Waals surface area (Å²) >= 11 is 1.64. The van der Waals surface area contributed by atoms with Crippen LogP contribution in [-0.2, 0) is 17.8 Å². The van der Waals surface area contributed by atoms with Crippen molar-refractivity contribution in [2.75, 3.05) is 6.61 Å². The van der Waals surface area contributed by atoms with Gasteiger partial charge in [-0.3, -0.25) is 14.8 Å². The van der Waals surface area contributed by atoms with Gasteiger partial charge in [0.2, 0.25) is 5.91 Å². The highest BCUT2D eigenvalue weighted by Gasteiger charge is 2.59. The second-order valence-corrected chi connectivity index (χ2v) is 11.5. The molecule has 1 amide bonds. The summed E-state index contributed by atoms with van der Waals surface area (Å²) in [5.41, 5.74) is 2.00. The number of nitrogens with one attached hydrogen (secondary N) is 1. The molecule has 1 saturated carbocycles. The number of aliphatic hydroxyl groups excluding tert-OH is 2. The Bertz CT molecular complexity index is 1190. The van der Waals surface area contributed by atoms with E-state index in [0.717, 1.165) is 39.5 Å². The number of aromatic nitrogens is 3. The molecule has 7 nitrogen and oxygen atoms in total. The molecule has 0 spiro atoms. The maximum absolute atomic E-state index is 13.2. The van der Waals surface area contributed by atoms with Gasteiger partial charge in [0.05, 0.1) is 18.4 Å². The second kappa shape index (κ2) is 9.41. The number of carbonyl (C=O) groups is 1. The molecule has 2 aliphatic rings. The number of nitrogens with zero attached hydrogens (tertiary/aromatic N) is 3. The summed E-state index contributed by atoms with van der Waals surface area (Å²) < 4.78 is 0. The van der Waals surface area contributed by atoms with Crippen molar-refractivity contribution in [2.24, 2.45) is 16.7 Å². The largest absolute Gasteiger partial charge is 0.396 e. The second-order valence-electron chi connectivity index (χ2n) is 10.4. The van der Waals surface area contributed by atoms with E-state index < -0.39 is 11.5 Å². The van der Waals surface area contributed by atoms with Gasteiger partial charge in [-0.1, -0.05) is 19.9 Å². The Balaban J connectivity index is 1.50. The average molecular weight is 493 g/mol. The van der Waals surface area contributed by atoms with Crippen LogP contribution in [0.4, 0.5) is 0 Å². The van der Waals surface area contributed by atoms with Crippen molar-refractivity contribution in [3.05, 3.63) is 65.2 Å². The van der Waals surface area contributed by atoms with E-state index in [1.54, 1.807) is 29.9 Å². The van der Waals surface area contributed by atoms with E-state index in [2.05, 4.69) is 22.2 Å². The van der Waals surface area contributed by atoms with Crippen LogP contribution in [-0.4, -0.2) is 43.8 Å². The Hall–Kier alpha value is -2.68. The summed E-state index contributed by atoms with van der Waals surface area (Å²) in [7, 11) is 0. The van der Waals surface area contributed by atoms with E-state index in [4.69, 9.17) is 4.98 Å². The van der Waals surface area contributed by atoms with Gasteiger partial charge >= 0.3 is 0 Å². The highest BCUT2D eigenvalue weighted by molar-refractivity contribution is 7.15. The maximum Gasteiger partial charge on any atom is 0.220 e. The third-order valence-electron chi connectivity index (χ3n) is 8.40. The van der Waals surface area contributed by atoms with Crippen molar-refractivity contribution in [2.45, 2.75) is 58.1 Å². The van der Waals surface area contributed by atoms with Crippen molar-refractivity contribution in [3.8, 4) is 10.6 Å². The minimum absolute atomic E-state index is 0.0283. The normalized spacial score (nSPS) is 29.8. The third kappa shape index (κ3) is 4.28. The van der Waals surface area contributed by atoms with E-state index >= 15 is 0 Å². The SMILES string of the molecule is CC1(CO)C(O)CCC2(C)C(CC(=O)NCc3cccnc3)c3nc(-c4cccnc4)sc3CC12. The molecule has 1 fully saturated rings. The molecular formula is C27H32N4O3S. The lowest BCUT2D eigenvalue weighted by molar-refractivity contribution is -0.144. The van der Waals surface area contributed by atoms with Crippen LogP contribution >= 0.6 is 11.3 Å². The summed E-state index contributed by atoms with van der Waals surface area (Å²) in [6, 6.07) is 7.71. The Morgan fingerprint density at radius 3 is 2.66 bits per heavy atom. The lowest BCUT2D eigenvalue weighted by Gasteiger charge is -2.58. The first-order valence-corrected chi connectivity index (χ1v) is 13.0. The highest BCUT2D eigenvalue weighted by atomic mass is 32.1. The van der Waals surface area contributed by atoms with Crippen molar-refractivity contribution in [3.63, 3.8) is 0 Å². The molecule has 0 radical (unpaired) electrons. The zero-order chi connectivity index (χ0) is 24.6. The fourth-order valence-electron chi connectivity index (χ4n) is 6.22. The first-order chi connectivity index (χ1) is 16.8. The molecule has 5 unspecified atom stereocenters. The predicted molar refractivity (Wildman–Crippen MR) is 135 cm³/mol. The number of pyridine rings is 2. The van der Waals surface area contributed by atoms with E-state index in [1.807, 2.05) is 37.4 Å². The lowest BCUT2D eigenvalue weighted by atomic mass is 9.47. The van der Waals surface area contributed by atoms with E-state index in [0.29, 0.717) is 19.4 Å². The molecule has 5 rings (SSSR count). The van der Waals surface area contributed by atoms with Gasteiger partial charge < -0.3 is 15.5 Å². The number of rotatable bonds is 6. The van der Waals surface area contributed by atoms with Crippen LogP contribution in [0.2, 0.25) is 0 Å². The van der Waals surface area contributed by atoms with Gasteiger partial charge in [0.15, 0.2) is 0 Å². The molecule has 5 atom stereocenters. The van der Waals surface area contributed by atoms with Crippen molar-refractivity contribution in [1.29, 1.82) is 0 Å². The van der Waals surface area contributed by atoms with Gasteiger partial charge in [0, 0.05) is 59.5 Å². The number of amides is 1. The predicted octanol–water partition coefficient (Wildman–Crippen LogP) is 3.72. The van der Waals surface area contributed by atoms with Gasteiger partial charge in [0.25, 0.3) is 0 Å². The van der Waals surface area contributed by atoms with Crippen molar-refractivity contribution < 1.29 is 15.0 Å². The van der Waals surface area contributed by atoms with Crippen LogP contribution in [0.3, 0.4) is 0 Å². The average Bonchev–Trinajstić information content (AvgIpc) is 3.31. The summed E-state index contributed by atoms with van der Waals surface area (Å²) in [4.78, 5) is 27.8. The number of hydrogen-bond donors (Lipinski definition) is 3. The van der Waals surface area contributed by atoms with E-state index in [9.17, 15) is 15.0 Å². The van der Waals surface area contributed by atoms with Gasteiger partial charge in [-0.15, -0.1) is 11.3 Å². The summed E-state index contributed by atoms with van der Waals surface area (Å²) in [5, 5.41) is 25.3. The van der Waals surface area contributed by atoms with Crippen LogP contribution in [0, 0.1) is 16.7 Å². The van der Waals surface area contributed by atoms with Crippen molar-refractivity contribution >= 4 is 17.2 Å². The number of carbonyl (C=O) groups excluding carboxylic acids is 1. The molecule has 0 bridgehead atoms. The maximum atomic E-state index is 13.2. The van der Waals surface area contributed by atoms with Crippen molar-refractivity contribution in [1.82, 2.24) is 20.3 Å². The lowest BCUT2D eigenvalue weighted by Crippen LogP contribution is -2.57. The molecule has 184 valence electrons. The van der Waals surface area contributed by atoms with Gasteiger partial charge in [-0.2, -0.15) is 0 Å². The molecule has 3 heterocycles. The highest BCUT2D eigenvalue weighted by Crippen LogP contribution is 2.62. The molecule has 3 aromatic heterocycles. The molecule has 8 heteroatoms. The standard InChI is InChI=1S/C27H32N4O3S/c1-26-8-7-22(33)27(2,16-32)21(26)12-20-24(31-25(35-20)18-6-4-10-29-15-18)19(26)11-23(34)30-14-17-5-3-9-28-13-17/h3-6,9-10,13,15,19,21-22,32-33H,7-8,11-12,14,16H2,1-2H3,(H,30,34). The van der Waals surface area contributed by atoms with Crippen LogP contribution < -0.4 is 5.32 Å². The quantitative estimate of drug-likeness (QED) is 0.484. The third-order valence-corrected chi connectivity index (χ3v) is 9.55. The fourth-order valence-corrected chi connectivity index (χ4v) is 7.38. The number of aliphatic hydroxyl groups is 2. The molecule has 35 heavy (non-hydrogen) atoms. The number of hydrogen-bond acceptors (Lipinski definition) is 7. The summed E-state index contributed by atoms with van der Waals surface area (Å²) in [6.45, 7) is 4.56. The Morgan fingerprint density at radius 2 is 1.97 bits per heavy atom. The minimum atomic E-state index is -0.631. The van der Waals surface area contributed by atoms with E-state index in [1.165, 1.54) is 0 Å². The summed E-state index contributed by atoms with van der Waals surface area (Å²) in [6.07, 6.45) is 8.91. The Kier molecular flexibility index (Phi) is 6.46. The van der Waals surface area contributed by atoms with Gasteiger partial charge in [0.1, 0.15) is 5.01 Å². The number of fused-ring (bicyclic) bond motifs is 2. The molecular weight excluding hydrogens is 460 g/mol. The Labute approximate surface area is 209 Å². The van der Waals surface area contributed by atoms with Gasteiger partial charge in [-0.25, -0.2) is 4.98 Å². The molecule has 2 aliphatic carbocycles. The van der Waals surface area contributed by atoms with E-state index in [-0.39, 0.29) is 29.8 Å². The number of thiazole rings is 1. The zero-order valence-corrected chi connectivity index (χ0v) is 21.0. The molecule has 0 saturated heterocycles. The zero-order valence-electron chi connectivity index (χ0n) is 20.1. The van der Waals surface area contributed by atoms with Crippen LogP contribution in [0.1, 0.15) is 55.2 Å². The molecule has 0 aliphatic heterocycles. The first-order valence-electron chi connectivity index (χ1n) is 12.2. The monoisotopic (exact) mass is 492 g/mol. The molecule has 3 N–H and O–H groups in total. The molecule has 0 aromatic carbocycles. The first kappa shape index (κ1) is 24.0. The molecule has 3 aromatic rings. The summed E-state index contributed by atoms with van der Waals surface area (Å²) in [5.74, 6) is -0.0980. The van der Waals surface area contributed by atoms with Crippen LogP contribution in [0.25, 0.3) is 10.6 Å².